The van der Waals surface area contributed by atoms with Crippen LogP contribution in [-0.4, -0.2) is 62.0 Å². The van der Waals surface area contributed by atoms with Crippen LogP contribution < -0.4 is 5.32 Å². The van der Waals surface area contributed by atoms with E-state index >= 15 is 0 Å². The van der Waals surface area contributed by atoms with Gasteiger partial charge in [-0.3, -0.25) is 4.90 Å². The SMILES string of the molecule is CNC(C)(CO)CC(C)N(CCOC)CC(C)C. The summed E-state index contributed by atoms with van der Waals surface area (Å²) in [5.41, 5.74) is -0.207. The van der Waals surface area contributed by atoms with Crippen molar-refractivity contribution in [2.24, 2.45) is 5.92 Å². The number of aliphatic hydroxyl groups is 1. The number of nitrogens with zero attached hydrogens (tertiary/aromatic N) is 1. The van der Waals surface area contributed by atoms with Crippen LogP contribution in [0.4, 0.5) is 0 Å². The average Bonchev–Trinajstić information content (AvgIpc) is 2.33. The lowest BCUT2D eigenvalue weighted by molar-refractivity contribution is 0.0847. The number of aliphatic hydroxyl groups excluding tert-OH is 1. The molecule has 4 nitrogen and oxygen atoms in total. The highest BCUT2D eigenvalue weighted by molar-refractivity contribution is 4.86. The van der Waals surface area contributed by atoms with E-state index in [-0.39, 0.29) is 12.1 Å². The zero-order valence-electron chi connectivity index (χ0n) is 13.0. The zero-order valence-corrected chi connectivity index (χ0v) is 13.0. The van der Waals surface area contributed by atoms with E-state index in [1.807, 2.05) is 7.05 Å². The molecular weight excluding hydrogens is 228 g/mol. The van der Waals surface area contributed by atoms with Crippen LogP contribution in [0.5, 0.6) is 0 Å². The summed E-state index contributed by atoms with van der Waals surface area (Å²) in [5, 5.41) is 12.7. The Morgan fingerprint density at radius 1 is 1.33 bits per heavy atom. The summed E-state index contributed by atoms with van der Waals surface area (Å²) in [6.45, 7) is 11.7. The molecular formula is C14H32N2O2. The zero-order chi connectivity index (χ0) is 14.2. The van der Waals surface area contributed by atoms with Gasteiger partial charge in [-0.15, -0.1) is 0 Å². The molecule has 0 aromatic heterocycles. The first-order valence-electron chi connectivity index (χ1n) is 6.91. The maximum Gasteiger partial charge on any atom is 0.0611 e. The van der Waals surface area contributed by atoms with Gasteiger partial charge in [0.15, 0.2) is 0 Å². The van der Waals surface area contributed by atoms with Crippen molar-refractivity contribution in [1.82, 2.24) is 10.2 Å². The Morgan fingerprint density at radius 3 is 2.33 bits per heavy atom. The molecule has 0 saturated carbocycles. The van der Waals surface area contributed by atoms with E-state index in [1.54, 1.807) is 7.11 Å². The Kier molecular flexibility index (Phi) is 8.78. The van der Waals surface area contributed by atoms with Gasteiger partial charge in [-0.2, -0.15) is 0 Å². The van der Waals surface area contributed by atoms with E-state index in [0.717, 1.165) is 26.1 Å². The second-order valence-corrected chi connectivity index (χ2v) is 5.90. The molecule has 0 rings (SSSR count). The van der Waals surface area contributed by atoms with Gasteiger partial charge in [0, 0.05) is 31.8 Å². The molecule has 0 saturated heterocycles. The minimum Gasteiger partial charge on any atom is -0.394 e. The second kappa shape index (κ2) is 8.86. The van der Waals surface area contributed by atoms with E-state index in [9.17, 15) is 5.11 Å². The van der Waals surface area contributed by atoms with Crippen LogP contribution in [0.2, 0.25) is 0 Å². The van der Waals surface area contributed by atoms with Gasteiger partial charge in [0.1, 0.15) is 0 Å². The Morgan fingerprint density at radius 2 is 1.94 bits per heavy atom. The molecule has 0 radical (unpaired) electrons. The smallest absolute Gasteiger partial charge is 0.0611 e. The molecule has 0 heterocycles. The molecule has 0 bridgehead atoms. The molecule has 2 atom stereocenters. The normalized spacial score (nSPS) is 17.2. The van der Waals surface area contributed by atoms with E-state index in [2.05, 4.69) is 37.9 Å². The second-order valence-electron chi connectivity index (χ2n) is 5.90. The fourth-order valence-corrected chi connectivity index (χ4v) is 2.20. The molecule has 18 heavy (non-hydrogen) atoms. The van der Waals surface area contributed by atoms with Gasteiger partial charge in [0.05, 0.1) is 13.2 Å². The number of nitrogens with one attached hydrogen (secondary N) is 1. The summed E-state index contributed by atoms with van der Waals surface area (Å²) < 4.78 is 5.18. The third kappa shape index (κ3) is 6.69. The number of likely N-dealkylation sites (N-methyl/N-ethyl adjacent to an activating group) is 1. The van der Waals surface area contributed by atoms with Crippen molar-refractivity contribution in [3.8, 4) is 0 Å². The fraction of sp³-hybridized carbons (Fsp3) is 1.00. The molecule has 0 aromatic carbocycles. The summed E-state index contributed by atoms with van der Waals surface area (Å²) in [4.78, 5) is 2.44. The third-order valence-corrected chi connectivity index (χ3v) is 3.50. The van der Waals surface area contributed by atoms with Crippen molar-refractivity contribution >= 4 is 0 Å². The summed E-state index contributed by atoms with van der Waals surface area (Å²) in [6.07, 6.45) is 0.927. The number of ether oxygens (including phenoxy) is 1. The molecule has 0 spiro atoms. The molecule has 0 amide bonds. The fourth-order valence-electron chi connectivity index (χ4n) is 2.20. The molecule has 0 aliphatic rings. The van der Waals surface area contributed by atoms with E-state index in [4.69, 9.17) is 4.74 Å². The van der Waals surface area contributed by atoms with Crippen molar-refractivity contribution in [3.05, 3.63) is 0 Å². The maximum atomic E-state index is 9.47. The van der Waals surface area contributed by atoms with Gasteiger partial charge in [-0.1, -0.05) is 13.8 Å². The minimum atomic E-state index is -0.207. The van der Waals surface area contributed by atoms with Crippen LogP contribution in [0.3, 0.4) is 0 Å². The summed E-state index contributed by atoms with van der Waals surface area (Å²) in [7, 11) is 3.65. The lowest BCUT2D eigenvalue weighted by Crippen LogP contribution is -2.50. The molecule has 110 valence electrons. The van der Waals surface area contributed by atoms with Crippen molar-refractivity contribution in [3.63, 3.8) is 0 Å². The number of hydrogen-bond acceptors (Lipinski definition) is 4. The van der Waals surface area contributed by atoms with Crippen molar-refractivity contribution in [1.29, 1.82) is 0 Å². The van der Waals surface area contributed by atoms with Crippen LogP contribution in [0.25, 0.3) is 0 Å². The Balaban J connectivity index is 4.47. The molecule has 0 fully saturated rings. The molecule has 0 aromatic rings. The lowest BCUT2D eigenvalue weighted by Gasteiger charge is -2.36. The van der Waals surface area contributed by atoms with Crippen LogP contribution in [0, 0.1) is 5.92 Å². The number of hydrogen-bond donors (Lipinski definition) is 2. The Bertz CT molecular complexity index is 206. The maximum absolute atomic E-state index is 9.47. The van der Waals surface area contributed by atoms with Crippen LogP contribution in [0.15, 0.2) is 0 Å². The molecule has 2 unspecified atom stereocenters. The molecule has 2 N–H and O–H groups in total. The highest BCUT2D eigenvalue weighted by atomic mass is 16.5. The van der Waals surface area contributed by atoms with Crippen molar-refractivity contribution in [2.45, 2.75) is 45.7 Å². The van der Waals surface area contributed by atoms with Gasteiger partial charge in [0.2, 0.25) is 0 Å². The molecule has 4 heteroatoms. The predicted molar refractivity (Wildman–Crippen MR) is 76.9 cm³/mol. The van der Waals surface area contributed by atoms with Gasteiger partial charge in [0.25, 0.3) is 0 Å². The van der Waals surface area contributed by atoms with E-state index < -0.39 is 0 Å². The number of methoxy groups -OCH3 is 1. The van der Waals surface area contributed by atoms with Gasteiger partial charge in [-0.25, -0.2) is 0 Å². The predicted octanol–water partition coefficient (Wildman–Crippen LogP) is 1.34. The number of rotatable bonds is 10. The monoisotopic (exact) mass is 260 g/mol. The summed E-state index contributed by atoms with van der Waals surface area (Å²) in [5.74, 6) is 0.638. The van der Waals surface area contributed by atoms with Crippen LogP contribution >= 0.6 is 0 Å². The Hall–Kier alpha value is -0.160. The lowest BCUT2D eigenvalue weighted by atomic mass is 9.93. The van der Waals surface area contributed by atoms with E-state index in [0.29, 0.717) is 12.0 Å². The van der Waals surface area contributed by atoms with Crippen molar-refractivity contribution < 1.29 is 9.84 Å². The Labute approximate surface area is 113 Å². The van der Waals surface area contributed by atoms with Gasteiger partial charge >= 0.3 is 0 Å². The minimum absolute atomic E-state index is 0.160. The summed E-state index contributed by atoms with van der Waals surface area (Å²) >= 11 is 0. The average molecular weight is 260 g/mol. The van der Waals surface area contributed by atoms with Crippen LogP contribution in [-0.2, 0) is 4.74 Å². The van der Waals surface area contributed by atoms with Gasteiger partial charge < -0.3 is 15.2 Å². The van der Waals surface area contributed by atoms with Gasteiger partial charge in [-0.05, 0) is 33.2 Å². The van der Waals surface area contributed by atoms with E-state index in [1.165, 1.54) is 0 Å². The first kappa shape index (κ1) is 17.8. The topological polar surface area (TPSA) is 44.7 Å². The quantitative estimate of drug-likeness (QED) is 0.622. The molecule has 0 aliphatic heterocycles. The highest BCUT2D eigenvalue weighted by Gasteiger charge is 2.26. The van der Waals surface area contributed by atoms with Crippen molar-refractivity contribution in [2.75, 3.05) is 40.5 Å². The highest BCUT2D eigenvalue weighted by Crippen LogP contribution is 2.16. The standard InChI is InChI=1S/C14H32N2O2/c1-12(2)10-16(7-8-18-6)13(3)9-14(4,11-17)15-5/h12-13,15,17H,7-11H2,1-6H3. The van der Waals surface area contributed by atoms with Crippen LogP contribution in [0.1, 0.15) is 34.1 Å². The first-order valence-corrected chi connectivity index (χ1v) is 6.91. The largest absolute Gasteiger partial charge is 0.394 e. The first-order chi connectivity index (χ1) is 8.38. The third-order valence-electron chi connectivity index (χ3n) is 3.50. The summed E-state index contributed by atoms with van der Waals surface area (Å²) in [6, 6.07) is 0.423. The molecule has 0 aliphatic carbocycles.